The SMILES string of the molecule is C[C@@H](OC(=O)[C@H]1COc2ccccc2O1)C(=O)Nc1c(Cl)cccc1Cl. The first kappa shape index (κ1) is 18.4. The first-order valence-electron chi connectivity index (χ1n) is 7.79. The fourth-order valence-corrected chi connectivity index (χ4v) is 2.77. The van der Waals surface area contributed by atoms with Gasteiger partial charge in [0.25, 0.3) is 5.91 Å². The average molecular weight is 396 g/mol. The van der Waals surface area contributed by atoms with Crippen LogP contribution in [0.15, 0.2) is 42.5 Å². The van der Waals surface area contributed by atoms with Crippen LogP contribution in [0, 0.1) is 0 Å². The number of para-hydroxylation sites is 3. The van der Waals surface area contributed by atoms with Crippen molar-refractivity contribution < 1.29 is 23.8 Å². The Balaban J connectivity index is 1.60. The molecule has 0 bridgehead atoms. The van der Waals surface area contributed by atoms with Crippen molar-refractivity contribution >= 4 is 40.8 Å². The molecule has 0 unspecified atom stereocenters. The first-order chi connectivity index (χ1) is 12.5. The van der Waals surface area contributed by atoms with E-state index < -0.39 is 24.1 Å². The van der Waals surface area contributed by atoms with Gasteiger partial charge in [0.15, 0.2) is 17.6 Å². The van der Waals surface area contributed by atoms with Crippen LogP contribution in [-0.4, -0.2) is 30.7 Å². The Morgan fingerprint density at radius 3 is 2.46 bits per heavy atom. The minimum absolute atomic E-state index is 0.000523. The number of hydrogen-bond acceptors (Lipinski definition) is 5. The van der Waals surface area contributed by atoms with E-state index in [1.807, 2.05) is 0 Å². The van der Waals surface area contributed by atoms with Crippen LogP contribution in [0.3, 0.4) is 0 Å². The van der Waals surface area contributed by atoms with Crippen LogP contribution in [0.25, 0.3) is 0 Å². The van der Waals surface area contributed by atoms with Crippen molar-refractivity contribution in [3.63, 3.8) is 0 Å². The maximum absolute atomic E-state index is 12.3. The number of hydrogen-bond donors (Lipinski definition) is 1. The summed E-state index contributed by atoms with van der Waals surface area (Å²) in [4.78, 5) is 24.5. The summed E-state index contributed by atoms with van der Waals surface area (Å²) in [5.41, 5.74) is 0.259. The second-order valence-electron chi connectivity index (χ2n) is 5.53. The summed E-state index contributed by atoms with van der Waals surface area (Å²) in [6.07, 6.45) is -2.03. The molecule has 1 amide bonds. The predicted octanol–water partition coefficient (Wildman–Crippen LogP) is 3.70. The molecule has 3 rings (SSSR count). The molecule has 0 saturated heterocycles. The number of halogens is 2. The molecule has 6 nitrogen and oxygen atoms in total. The number of amides is 1. The van der Waals surface area contributed by atoms with Gasteiger partial charge in [-0.15, -0.1) is 0 Å². The van der Waals surface area contributed by atoms with E-state index in [2.05, 4.69) is 5.32 Å². The first-order valence-corrected chi connectivity index (χ1v) is 8.55. The van der Waals surface area contributed by atoms with E-state index in [1.54, 1.807) is 42.5 Å². The van der Waals surface area contributed by atoms with Gasteiger partial charge in [0.1, 0.15) is 6.61 Å². The molecule has 1 aliphatic heterocycles. The van der Waals surface area contributed by atoms with Crippen LogP contribution >= 0.6 is 23.2 Å². The zero-order valence-electron chi connectivity index (χ0n) is 13.7. The van der Waals surface area contributed by atoms with E-state index in [9.17, 15) is 9.59 Å². The summed E-state index contributed by atoms with van der Waals surface area (Å²) in [5, 5.41) is 3.11. The molecular formula is C18H15Cl2NO5. The van der Waals surface area contributed by atoms with Crippen LogP contribution in [0.4, 0.5) is 5.69 Å². The van der Waals surface area contributed by atoms with Gasteiger partial charge in [-0.2, -0.15) is 0 Å². The number of rotatable bonds is 4. The fraction of sp³-hybridized carbons (Fsp3) is 0.222. The third kappa shape index (κ3) is 4.03. The number of fused-ring (bicyclic) bond motifs is 1. The molecule has 2 aromatic rings. The van der Waals surface area contributed by atoms with Crippen LogP contribution in [0.5, 0.6) is 11.5 Å². The van der Waals surface area contributed by atoms with Crippen molar-refractivity contribution in [3.8, 4) is 11.5 Å². The van der Waals surface area contributed by atoms with Gasteiger partial charge < -0.3 is 19.5 Å². The molecule has 2 aromatic carbocycles. The van der Waals surface area contributed by atoms with E-state index in [0.717, 1.165) is 0 Å². The lowest BCUT2D eigenvalue weighted by atomic mass is 10.2. The quantitative estimate of drug-likeness (QED) is 0.798. The summed E-state index contributed by atoms with van der Waals surface area (Å²) in [5.74, 6) is -0.269. The van der Waals surface area contributed by atoms with Gasteiger partial charge in [0.05, 0.1) is 15.7 Å². The molecule has 0 saturated carbocycles. The van der Waals surface area contributed by atoms with Gasteiger partial charge in [-0.3, -0.25) is 4.79 Å². The Labute approximate surface area is 159 Å². The second-order valence-corrected chi connectivity index (χ2v) is 6.34. The lowest BCUT2D eigenvalue weighted by Gasteiger charge is -2.26. The van der Waals surface area contributed by atoms with Crippen molar-refractivity contribution in [1.29, 1.82) is 0 Å². The Hall–Kier alpha value is -2.44. The van der Waals surface area contributed by atoms with Gasteiger partial charge in [0.2, 0.25) is 6.10 Å². The Kier molecular flexibility index (Phi) is 5.54. The normalized spacial score (nSPS) is 16.5. The minimum Gasteiger partial charge on any atom is -0.485 e. The molecule has 136 valence electrons. The predicted molar refractivity (Wildman–Crippen MR) is 97.0 cm³/mol. The van der Waals surface area contributed by atoms with E-state index >= 15 is 0 Å². The lowest BCUT2D eigenvalue weighted by molar-refractivity contribution is -0.162. The van der Waals surface area contributed by atoms with E-state index in [4.69, 9.17) is 37.4 Å². The summed E-state index contributed by atoms with van der Waals surface area (Å²) in [6, 6.07) is 11.8. The number of anilines is 1. The highest BCUT2D eigenvalue weighted by Gasteiger charge is 2.31. The number of esters is 1. The zero-order valence-corrected chi connectivity index (χ0v) is 15.2. The number of benzene rings is 2. The number of carbonyl (C=O) groups excluding carboxylic acids is 2. The average Bonchev–Trinajstić information content (AvgIpc) is 2.64. The highest BCUT2D eigenvalue weighted by Crippen LogP contribution is 2.32. The van der Waals surface area contributed by atoms with Crippen molar-refractivity contribution in [3.05, 3.63) is 52.5 Å². The van der Waals surface area contributed by atoms with Gasteiger partial charge in [0, 0.05) is 0 Å². The van der Waals surface area contributed by atoms with E-state index in [0.29, 0.717) is 11.5 Å². The van der Waals surface area contributed by atoms with Crippen LogP contribution in [-0.2, 0) is 14.3 Å². The summed E-state index contributed by atoms with van der Waals surface area (Å²) in [6.45, 7) is 1.44. The number of carbonyl (C=O) groups is 2. The third-order valence-corrected chi connectivity index (χ3v) is 4.27. The van der Waals surface area contributed by atoms with Crippen LogP contribution in [0.1, 0.15) is 6.92 Å². The lowest BCUT2D eigenvalue weighted by Crippen LogP contribution is -2.41. The molecule has 0 aromatic heterocycles. The van der Waals surface area contributed by atoms with E-state index in [1.165, 1.54) is 6.92 Å². The topological polar surface area (TPSA) is 73.9 Å². The zero-order chi connectivity index (χ0) is 18.7. The van der Waals surface area contributed by atoms with Crippen LogP contribution < -0.4 is 14.8 Å². The molecule has 2 atom stereocenters. The smallest absolute Gasteiger partial charge is 0.351 e. The largest absolute Gasteiger partial charge is 0.485 e. The summed E-state index contributed by atoms with van der Waals surface area (Å²) in [7, 11) is 0. The molecule has 0 fully saturated rings. The van der Waals surface area contributed by atoms with E-state index in [-0.39, 0.29) is 22.3 Å². The Bertz CT molecular complexity index is 822. The maximum Gasteiger partial charge on any atom is 0.351 e. The highest BCUT2D eigenvalue weighted by molar-refractivity contribution is 6.39. The Morgan fingerprint density at radius 1 is 1.12 bits per heavy atom. The Morgan fingerprint density at radius 2 is 1.77 bits per heavy atom. The molecule has 1 aliphatic rings. The fourth-order valence-electron chi connectivity index (χ4n) is 2.28. The van der Waals surface area contributed by atoms with Crippen molar-refractivity contribution in [2.24, 2.45) is 0 Å². The third-order valence-electron chi connectivity index (χ3n) is 3.64. The monoisotopic (exact) mass is 395 g/mol. The molecule has 0 spiro atoms. The standard InChI is InChI=1S/C18H15Cl2NO5/c1-10(17(22)21-16-11(19)5-4-6-12(16)20)25-18(23)15-9-24-13-7-2-3-8-14(13)26-15/h2-8,10,15H,9H2,1H3,(H,21,22)/t10-,15-/m1/s1. The molecule has 1 heterocycles. The van der Waals surface area contributed by atoms with Crippen LogP contribution in [0.2, 0.25) is 10.0 Å². The van der Waals surface area contributed by atoms with Crippen molar-refractivity contribution in [1.82, 2.24) is 0 Å². The van der Waals surface area contributed by atoms with Gasteiger partial charge in [-0.05, 0) is 31.2 Å². The molecule has 0 radical (unpaired) electrons. The van der Waals surface area contributed by atoms with Crippen molar-refractivity contribution in [2.75, 3.05) is 11.9 Å². The molecule has 0 aliphatic carbocycles. The number of ether oxygens (including phenoxy) is 3. The summed E-state index contributed by atoms with van der Waals surface area (Å²) >= 11 is 12.0. The number of nitrogens with one attached hydrogen (secondary N) is 1. The second kappa shape index (κ2) is 7.85. The van der Waals surface area contributed by atoms with Gasteiger partial charge in [-0.25, -0.2) is 4.79 Å². The minimum atomic E-state index is -1.07. The molecule has 8 heteroatoms. The molecule has 1 N–H and O–H groups in total. The van der Waals surface area contributed by atoms with Crippen molar-refractivity contribution in [2.45, 2.75) is 19.1 Å². The van der Waals surface area contributed by atoms with Gasteiger partial charge >= 0.3 is 5.97 Å². The van der Waals surface area contributed by atoms with Gasteiger partial charge in [-0.1, -0.05) is 41.4 Å². The molecule has 26 heavy (non-hydrogen) atoms. The molecular weight excluding hydrogens is 381 g/mol. The summed E-state index contributed by atoms with van der Waals surface area (Å²) < 4.78 is 16.2. The maximum atomic E-state index is 12.3. The highest BCUT2D eigenvalue weighted by atomic mass is 35.5.